The second-order valence-corrected chi connectivity index (χ2v) is 3.72. The zero-order valence-corrected chi connectivity index (χ0v) is 8.88. The topological polar surface area (TPSA) is 70.0 Å². The fraction of sp³-hybridized carbons (Fsp3) is 0.364. The third-order valence-corrected chi connectivity index (χ3v) is 2.78. The Kier molecular flexibility index (Phi) is 2.70. The molecule has 1 aromatic carbocycles. The number of ether oxygens (including phenoxy) is 1. The predicted octanol–water partition coefficient (Wildman–Crippen LogP) is 0.574. The van der Waals surface area contributed by atoms with Gasteiger partial charge in [0.15, 0.2) is 5.75 Å². The summed E-state index contributed by atoms with van der Waals surface area (Å²) >= 11 is 0. The number of carboxylic acid groups (broad SMARTS) is 1. The second kappa shape index (κ2) is 4.02. The molecule has 1 atom stereocenters. The standard InChI is InChI=1S/C11H13NO4/c1-12-7(5-13)6-16-10-8(11(14)15)3-2-4-9(10)12/h2-4,7,13H,5-6H2,1H3,(H,14,15). The Bertz CT molecular complexity index is 418. The summed E-state index contributed by atoms with van der Waals surface area (Å²) < 4.78 is 5.41. The summed E-state index contributed by atoms with van der Waals surface area (Å²) in [6, 6.07) is 4.83. The van der Waals surface area contributed by atoms with Gasteiger partial charge >= 0.3 is 5.97 Å². The van der Waals surface area contributed by atoms with Gasteiger partial charge in [-0.2, -0.15) is 0 Å². The van der Waals surface area contributed by atoms with Gasteiger partial charge in [-0.15, -0.1) is 0 Å². The number of hydrogen-bond acceptors (Lipinski definition) is 4. The van der Waals surface area contributed by atoms with E-state index in [4.69, 9.17) is 14.9 Å². The van der Waals surface area contributed by atoms with Gasteiger partial charge < -0.3 is 19.8 Å². The third-order valence-electron chi connectivity index (χ3n) is 2.78. The Balaban J connectivity index is 2.46. The third kappa shape index (κ3) is 1.59. The van der Waals surface area contributed by atoms with E-state index in [1.165, 1.54) is 6.07 Å². The monoisotopic (exact) mass is 223 g/mol. The van der Waals surface area contributed by atoms with Crippen LogP contribution < -0.4 is 9.64 Å². The number of aromatic carboxylic acids is 1. The number of carbonyl (C=O) groups is 1. The number of benzene rings is 1. The molecule has 0 spiro atoms. The summed E-state index contributed by atoms with van der Waals surface area (Å²) in [5.41, 5.74) is 0.853. The molecule has 1 aliphatic rings. The van der Waals surface area contributed by atoms with E-state index in [1.54, 1.807) is 12.1 Å². The molecule has 0 saturated carbocycles. The number of para-hydroxylation sites is 1. The summed E-state index contributed by atoms with van der Waals surface area (Å²) in [4.78, 5) is 12.8. The lowest BCUT2D eigenvalue weighted by atomic mass is 10.1. The lowest BCUT2D eigenvalue weighted by Crippen LogP contribution is -2.43. The Morgan fingerprint density at radius 2 is 2.38 bits per heavy atom. The minimum absolute atomic E-state index is 0.0206. The van der Waals surface area contributed by atoms with Gasteiger partial charge in [0.05, 0.1) is 18.3 Å². The van der Waals surface area contributed by atoms with Crippen LogP contribution in [0.1, 0.15) is 10.4 Å². The first-order chi connectivity index (χ1) is 7.65. The molecular weight excluding hydrogens is 210 g/mol. The zero-order chi connectivity index (χ0) is 11.7. The Hall–Kier alpha value is -1.75. The molecule has 1 aliphatic heterocycles. The van der Waals surface area contributed by atoms with Crippen LogP contribution in [0.2, 0.25) is 0 Å². The first kappa shape index (κ1) is 10.8. The maximum absolute atomic E-state index is 11.0. The Morgan fingerprint density at radius 1 is 1.62 bits per heavy atom. The van der Waals surface area contributed by atoms with Crippen LogP contribution in [0.15, 0.2) is 18.2 Å². The van der Waals surface area contributed by atoms with E-state index in [0.29, 0.717) is 18.0 Å². The van der Waals surface area contributed by atoms with Gasteiger partial charge in [-0.3, -0.25) is 0 Å². The molecule has 86 valence electrons. The van der Waals surface area contributed by atoms with Gasteiger partial charge in [0.1, 0.15) is 12.2 Å². The van der Waals surface area contributed by atoms with Crippen LogP contribution in [0, 0.1) is 0 Å². The van der Waals surface area contributed by atoms with Crippen molar-refractivity contribution in [2.24, 2.45) is 0 Å². The van der Waals surface area contributed by atoms with Crippen LogP contribution in [-0.2, 0) is 0 Å². The van der Waals surface area contributed by atoms with Crippen molar-refractivity contribution >= 4 is 11.7 Å². The number of anilines is 1. The number of aliphatic hydroxyl groups excluding tert-OH is 1. The van der Waals surface area contributed by atoms with Crippen molar-refractivity contribution in [1.29, 1.82) is 0 Å². The molecular formula is C11H13NO4. The van der Waals surface area contributed by atoms with Crippen LogP contribution in [0.4, 0.5) is 5.69 Å². The summed E-state index contributed by atoms with van der Waals surface area (Å²) in [6.07, 6.45) is 0. The van der Waals surface area contributed by atoms with Gasteiger partial charge in [0.25, 0.3) is 0 Å². The molecule has 0 radical (unpaired) electrons. The lowest BCUT2D eigenvalue weighted by molar-refractivity contribution is 0.0690. The summed E-state index contributed by atoms with van der Waals surface area (Å²) in [6.45, 7) is 0.275. The van der Waals surface area contributed by atoms with Crippen molar-refractivity contribution < 1.29 is 19.7 Å². The normalized spacial score (nSPS) is 18.9. The van der Waals surface area contributed by atoms with E-state index < -0.39 is 5.97 Å². The first-order valence-electron chi connectivity index (χ1n) is 4.98. The van der Waals surface area contributed by atoms with Crippen LogP contribution in [0.25, 0.3) is 0 Å². The second-order valence-electron chi connectivity index (χ2n) is 3.72. The number of likely N-dealkylation sites (N-methyl/N-ethyl adjacent to an activating group) is 1. The average Bonchev–Trinajstić information content (AvgIpc) is 2.29. The molecule has 0 aromatic heterocycles. The minimum atomic E-state index is -1.01. The first-order valence-corrected chi connectivity index (χ1v) is 4.98. The lowest BCUT2D eigenvalue weighted by Gasteiger charge is -2.35. The zero-order valence-electron chi connectivity index (χ0n) is 8.88. The molecule has 5 nitrogen and oxygen atoms in total. The van der Waals surface area contributed by atoms with Crippen molar-refractivity contribution in [2.45, 2.75) is 6.04 Å². The summed E-state index contributed by atoms with van der Waals surface area (Å²) in [7, 11) is 1.81. The SMILES string of the molecule is CN1c2cccc(C(=O)O)c2OCC1CO. The molecule has 5 heteroatoms. The van der Waals surface area contributed by atoms with Crippen LogP contribution in [0.3, 0.4) is 0 Å². The average molecular weight is 223 g/mol. The van der Waals surface area contributed by atoms with Gasteiger partial charge in [-0.05, 0) is 12.1 Å². The maximum atomic E-state index is 11.0. The molecule has 2 N–H and O–H groups in total. The molecule has 1 heterocycles. The summed E-state index contributed by atoms with van der Waals surface area (Å²) in [5, 5.41) is 18.1. The number of hydrogen-bond donors (Lipinski definition) is 2. The quantitative estimate of drug-likeness (QED) is 0.767. The van der Waals surface area contributed by atoms with E-state index in [1.807, 2.05) is 11.9 Å². The van der Waals surface area contributed by atoms with Gasteiger partial charge in [-0.25, -0.2) is 4.79 Å². The molecule has 0 bridgehead atoms. The molecule has 0 saturated heterocycles. The van der Waals surface area contributed by atoms with E-state index in [2.05, 4.69) is 0 Å². The van der Waals surface area contributed by atoms with Crippen molar-refractivity contribution in [3.8, 4) is 5.75 Å². The highest BCUT2D eigenvalue weighted by Crippen LogP contribution is 2.35. The predicted molar refractivity (Wildman–Crippen MR) is 58.2 cm³/mol. The molecule has 16 heavy (non-hydrogen) atoms. The minimum Gasteiger partial charge on any atom is -0.488 e. The largest absolute Gasteiger partial charge is 0.488 e. The highest BCUT2D eigenvalue weighted by Gasteiger charge is 2.27. The Labute approximate surface area is 92.9 Å². The fourth-order valence-corrected chi connectivity index (χ4v) is 1.79. The van der Waals surface area contributed by atoms with Gasteiger partial charge in [0.2, 0.25) is 0 Å². The molecule has 0 amide bonds. The van der Waals surface area contributed by atoms with E-state index in [9.17, 15) is 4.79 Å². The van der Waals surface area contributed by atoms with Crippen molar-refractivity contribution in [2.75, 3.05) is 25.2 Å². The molecule has 0 aliphatic carbocycles. The number of rotatable bonds is 2. The molecule has 1 unspecified atom stereocenters. The van der Waals surface area contributed by atoms with Crippen LogP contribution in [-0.4, -0.2) is 42.5 Å². The highest BCUT2D eigenvalue weighted by atomic mass is 16.5. The highest BCUT2D eigenvalue weighted by molar-refractivity contribution is 5.93. The smallest absolute Gasteiger partial charge is 0.339 e. The maximum Gasteiger partial charge on any atom is 0.339 e. The number of fused-ring (bicyclic) bond motifs is 1. The number of nitrogens with zero attached hydrogens (tertiary/aromatic N) is 1. The van der Waals surface area contributed by atoms with E-state index in [-0.39, 0.29) is 18.2 Å². The van der Waals surface area contributed by atoms with Crippen molar-refractivity contribution in [3.05, 3.63) is 23.8 Å². The molecule has 1 aromatic rings. The van der Waals surface area contributed by atoms with Crippen LogP contribution in [0.5, 0.6) is 5.75 Å². The van der Waals surface area contributed by atoms with E-state index in [0.717, 1.165) is 0 Å². The van der Waals surface area contributed by atoms with Gasteiger partial charge in [-0.1, -0.05) is 6.07 Å². The van der Waals surface area contributed by atoms with Crippen molar-refractivity contribution in [1.82, 2.24) is 0 Å². The number of carboxylic acids is 1. The number of aliphatic hydroxyl groups is 1. The Morgan fingerprint density at radius 3 is 3.00 bits per heavy atom. The van der Waals surface area contributed by atoms with E-state index >= 15 is 0 Å². The van der Waals surface area contributed by atoms with Crippen molar-refractivity contribution in [3.63, 3.8) is 0 Å². The molecule has 0 fully saturated rings. The summed E-state index contributed by atoms with van der Waals surface area (Å²) in [5.74, 6) is -0.630. The van der Waals surface area contributed by atoms with Crippen LogP contribution >= 0.6 is 0 Å². The fourth-order valence-electron chi connectivity index (χ4n) is 1.79. The molecule has 2 rings (SSSR count). The van der Waals surface area contributed by atoms with Gasteiger partial charge in [0, 0.05) is 7.05 Å².